The Morgan fingerprint density at radius 2 is 2.13 bits per heavy atom. The summed E-state index contributed by atoms with van der Waals surface area (Å²) < 4.78 is 5.85. The average Bonchev–Trinajstić information content (AvgIpc) is 2.74. The fraction of sp³-hybridized carbons (Fsp3) is 1.00. The van der Waals surface area contributed by atoms with Crippen LogP contribution in [-0.2, 0) is 4.74 Å². The van der Waals surface area contributed by atoms with E-state index in [-0.39, 0.29) is 0 Å². The molecule has 2 rings (SSSR count). The smallest absolute Gasteiger partial charge is 0.0661 e. The van der Waals surface area contributed by atoms with Crippen LogP contribution < -0.4 is 11.1 Å². The summed E-state index contributed by atoms with van der Waals surface area (Å²) in [5, 5.41) is 3.58. The second-order valence-corrected chi connectivity index (χ2v) is 4.92. The largest absolute Gasteiger partial charge is 0.378 e. The van der Waals surface area contributed by atoms with Crippen LogP contribution in [0.2, 0.25) is 0 Å². The molecule has 2 aliphatic rings. The minimum Gasteiger partial charge on any atom is -0.378 e. The van der Waals surface area contributed by atoms with Crippen LogP contribution in [0.4, 0.5) is 0 Å². The molecule has 0 radical (unpaired) electrons. The zero-order valence-corrected chi connectivity index (χ0v) is 9.80. The summed E-state index contributed by atoms with van der Waals surface area (Å²) in [7, 11) is 0. The van der Waals surface area contributed by atoms with Crippen molar-refractivity contribution in [3.63, 3.8) is 0 Å². The van der Waals surface area contributed by atoms with Gasteiger partial charge in [0.1, 0.15) is 0 Å². The van der Waals surface area contributed by atoms with Gasteiger partial charge in [0, 0.05) is 31.2 Å². The van der Waals surface area contributed by atoms with Crippen molar-refractivity contribution in [3.8, 4) is 0 Å². The number of ether oxygens (including phenoxy) is 1. The molecule has 0 bridgehead atoms. The Kier molecular flexibility index (Phi) is 3.65. The first-order chi connectivity index (χ1) is 7.33. The molecule has 3 heteroatoms. The average molecular weight is 212 g/mol. The van der Waals surface area contributed by atoms with Crippen molar-refractivity contribution < 1.29 is 4.74 Å². The first-order valence-electron chi connectivity index (χ1n) is 6.38. The lowest BCUT2D eigenvalue weighted by molar-refractivity contribution is -0.130. The summed E-state index contributed by atoms with van der Waals surface area (Å²) in [5.74, 6) is 0. The minimum atomic E-state index is 0.463. The van der Waals surface area contributed by atoms with E-state index in [1.807, 2.05) is 0 Å². The fourth-order valence-electron chi connectivity index (χ4n) is 3.43. The topological polar surface area (TPSA) is 47.3 Å². The van der Waals surface area contributed by atoms with Gasteiger partial charge in [-0.15, -0.1) is 0 Å². The van der Waals surface area contributed by atoms with Crippen molar-refractivity contribution in [2.75, 3.05) is 19.7 Å². The molecule has 2 atom stereocenters. The van der Waals surface area contributed by atoms with Gasteiger partial charge in [0.05, 0.1) is 6.10 Å². The molecule has 0 saturated heterocycles. The quantitative estimate of drug-likeness (QED) is 0.721. The van der Waals surface area contributed by atoms with E-state index in [0.29, 0.717) is 17.6 Å². The van der Waals surface area contributed by atoms with Crippen LogP contribution in [-0.4, -0.2) is 31.8 Å². The van der Waals surface area contributed by atoms with E-state index in [0.717, 1.165) is 19.7 Å². The standard InChI is InChI=1S/C12H24N2O/c1-2-15-11-9-10(14-8-7-13)12(11)5-3-4-6-12/h10-11,14H,2-9,13H2,1H3. The van der Waals surface area contributed by atoms with Crippen LogP contribution >= 0.6 is 0 Å². The number of hydrogen-bond donors (Lipinski definition) is 2. The number of rotatable bonds is 5. The molecule has 2 fully saturated rings. The molecule has 0 aromatic heterocycles. The first kappa shape index (κ1) is 11.4. The first-order valence-corrected chi connectivity index (χ1v) is 6.38. The lowest BCUT2D eigenvalue weighted by atomic mass is 9.60. The van der Waals surface area contributed by atoms with Crippen molar-refractivity contribution in [1.29, 1.82) is 0 Å². The highest BCUT2D eigenvalue weighted by Crippen LogP contribution is 2.54. The van der Waals surface area contributed by atoms with Crippen molar-refractivity contribution in [2.45, 2.75) is 51.2 Å². The van der Waals surface area contributed by atoms with Crippen LogP contribution in [0.3, 0.4) is 0 Å². The number of nitrogens with two attached hydrogens (primary N) is 1. The predicted octanol–water partition coefficient (Wildman–Crippen LogP) is 1.27. The Balaban J connectivity index is 1.92. The monoisotopic (exact) mass is 212 g/mol. The molecular weight excluding hydrogens is 188 g/mol. The van der Waals surface area contributed by atoms with Gasteiger partial charge >= 0.3 is 0 Å². The van der Waals surface area contributed by atoms with E-state index in [4.69, 9.17) is 10.5 Å². The molecule has 1 spiro atoms. The third kappa shape index (κ3) is 1.93. The van der Waals surface area contributed by atoms with Crippen LogP contribution in [0.5, 0.6) is 0 Å². The lowest BCUT2D eigenvalue weighted by Crippen LogP contribution is -2.63. The van der Waals surface area contributed by atoms with Crippen molar-refractivity contribution >= 4 is 0 Å². The zero-order chi connectivity index (χ0) is 10.7. The van der Waals surface area contributed by atoms with Gasteiger partial charge in [-0.2, -0.15) is 0 Å². The number of hydrogen-bond acceptors (Lipinski definition) is 3. The molecule has 88 valence electrons. The maximum atomic E-state index is 5.85. The van der Waals surface area contributed by atoms with Crippen molar-refractivity contribution in [1.82, 2.24) is 5.32 Å². The third-order valence-electron chi connectivity index (χ3n) is 4.22. The maximum absolute atomic E-state index is 5.85. The molecule has 2 unspecified atom stereocenters. The molecule has 0 aliphatic heterocycles. The Labute approximate surface area is 92.7 Å². The molecule has 3 N–H and O–H groups in total. The van der Waals surface area contributed by atoms with E-state index in [1.165, 1.54) is 32.1 Å². The van der Waals surface area contributed by atoms with Gasteiger partial charge in [-0.1, -0.05) is 12.8 Å². The molecule has 0 aromatic carbocycles. The minimum absolute atomic E-state index is 0.463. The molecule has 2 saturated carbocycles. The van der Waals surface area contributed by atoms with Gasteiger partial charge in [0.25, 0.3) is 0 Å². The van der Waals surface area contributed by atoms with E-state index in [2.05, 4.69) is 12.2 Å². The van der Waals surface area contributed by atoms with Gasteiger partial charge in [-0.3, -0.25) is 0 Å². The Morgan fingerprint density at radius 1 is 1.40 bits per heavy atom. The Morgan fingerprint density at radius 3 is 2.73 bits per heavy atom. The van der Waals surface area contributed by atoms with Crippen LogP contribution in [0, 0.1) is 5.41 Å². The van der Waals surface area contributed by atoms with Crippen LogP contribution in [0.1, 0.15) is 39.0 Å². The summed E-state index contributed by atoms with van der Waals surface area (Å²) in [6, 6.07) is 0.667. The second kappa shape index (κ2) is 4.81. The highest BCUT2D eigenvalue weighted by Gasteiger charge is 2.56. The zero-order valence-electron chi connectivity index (χ0n) is 9.80. The highest BCUT2D eigenvalue weighted by molar-refractivity contribution is 5.09. The van der Waals surface area contributed by atoms with Gasteiger partial charge in [0.2, 0.25) is 0 Å². The summed E-state index contributed by atoms with van der Waals surface area (Å²) in [5.41, 5.74) is 6.01. The Hall–Kier alpha value is -0.120. The Bertz CT molecular complexity index is 202. The van der Waals surface area contributed by atoms with Crippen LogP contribution in [0.25, 0.3) is 0 Å². The van der Waals surface area contributed by atoms with Gasteiger partial charge in [0.15, 0.2) is 0 Å². The summed E-state index contributed by atoms with van der Waals surface area (Å²) in [6.07, 6.45) is 7.16. The summed E-state index contributed by atoms with van der Waals surface area (Å²) in [6.45, 7) is 4.65. The molecular formula is C12H24N2O. The van der Waals surface area contributed by atoms with Gasteiger partial charge in [-0.25, -0.2) is 0 Å². The third-order valence-corrected chi connectivity index (χ3v) is 4.22. The summed E-state index contributed by atoms with van der Waals surface area (Å²) >= 11 is 0. The van der Waals surface area contributed by atoms with E-state index in [1.54, 1.807) is 0 Å². The predicted molar refractivity (Wildman–Crippen MR) is 61.8 cm³/mol. The normalized spacial score (nSPS) is 33.2. The molecule has 15 heavy (non-hydrogen) atoms. The highest BCUT2D eigenvalue weighted by atomic mass is 16.5. The fourth-order valence-corrected chi connectivity index (χ4v) is 3.43. The molecule has 0 aromatic rings. The number of nitrogens with one attached hydrogen (secondary N) is 1. The molecule has 0 heterocycles. The lowest BCUT2D eigenvalue weighted by Gasteiger charge is -2.54. The molecule has 2 aliphatic carbocycles. The maximum Gasteiger partial charge on any atom is 0.0661 e. The van der Waals surface area contributed by atoms with Crippen LogP contribution in [0.15, 0.2) is 0 Å². The van der Waals surface area contributed by atoms with Crippen molar-refractivity contribution in [3.05, 3.63) is 0 Å². The van der Waals surface area contributed by atoms with Gasteiger partial charge < -0.3 is 15.8 Å². The van der Waals surface area contributed by atoms with Crippen molar-refractivity contribution in [2.24, 2.45) is 11.1 Å². The van der Waals surface area contributed by atoms with Gasteiger partial charge in [-0.05, 0) is 26.2 Å². The van der Waals surface area contributed by atoms with E-state index >= 15 is 0 Å². The second-order valence-electron chi connectivity index (χ2n) is 4.92. The molecule has 0 amide bonds. The summed E-state index contributed by atoms with van der Waals surface area (Å²) in [4.78, 5) is 0. The SMILES string of the molecule is CCOC1CC(NCCN)C12CCCC2. The van der Waals surface area contributed by atoms with E-state index in [9.17, 15) is 0 Å². The van der Waals surface area contributed by atoms with E-state index < -0.39 is 0 Å². The molecule has 3 nitrogen and oxygen atoms in total.